The summed E-state index contributed by atoms with van der Waals surface area (Å²) in [6.07, 6.45) is 4.64. The van der Waals surface area contributed by atoms with Crippen molar-refractivity contribution in [2.24, 2.45) is 0 Å². The van der Waals surface area contributed by atoms with Gasteiger partial charge in [-0.1, -0.05) is 33.8 Å². The fourth-order valence-electron chi connectivity index (χ4n) is 1.09. The SMILES string of the molecule is CC.CCCN(CC)C/C=C/C(=O)NC. The predicted molar refractivity (Wildman–Crippen MR) is 67.0 cm³/mol. The maximum Gasteiger partial charge on any atom is 0.243 e. The van der Waals surface area contributed by atoms with Gasteiger partial charge in [-0.15, -0.1) is 0 Å². The molecule has 0 rings (SSSR count). The molecular weight excluding hydrogens is 188 g/mol. The van der Waals surface area contributed by atoms with Crippen molar-refractivity contribution in [3.8, 4) is 0 Å². The van der Waals surface area contributed by atoms with Crippen molar-refractivity contribution in [3.05, 3.63) is 12.2 Å². The van der Waals surface area contributed by atoms with Crippen LogP contribution in [0.25, 0.3) is 0 Å². The second-order valence-electron chi connectivity index (χ2n) is 2.91. The minimum absolute atomic E-state index is 0.0347. The van der Waals surface area contributed by atoms with Crippen molar-refractivity contribution in [2.75, 3.05) is 26.7 Å². The molecule has 0 aliphatic carbocycles. The van der Waals surface area contributed by atoms with E-state index in [1.165, 1.54) is 0 Å². The predicted octanol–water partition coefficient (Wildman–Crippen LogP) is 2.05. The monoisotopic (exact) mass is 214 g/mol. The molecule has 0 aromatic heterocycles. The number of carbonyl (C=O) groups is 1. The zero-order valence-electron chi connectivity index (χ0n) is 10.8. The van der Waals surface area contributed by atoms with E-state index in [1.807, 2.05) is 19.9 Å². The molecule has 0 radical (unpaired) electrons. The van der Waals surface area contributed by atoms with Gasteiger partial charge in [0.2, 0.25) is 5.91 Å². The number of rotatable bonds is 6. The topological polar surface area (TPSA) is 32.3 Å². The molecule has 0 fully saturated rings. The standard InChI is InChI=1S/C10H20N2O.C2H6/c1-4-8-12(5-2)9-6-7-10(13)11-3;1-2/h6-7H,4-5,8-9H2,1-3H3,(H,11,13);1-2H3/b7-6+;. The van der Waals surface area contributed by atoms with Gasteiger partial charge in [0.1, 0.15) is 0 Å². The smallest absolute Gasteiger partial charge is 0.243 e. The third kappa shape index (κ3) is 11.1. The van der Waals surface area contributed by atoms with E-state index in [1.54, 1.807) is 13.1 Å². The molecule has 90 valence electrons. The second-order valence-corrected chi connectivity index (χ2v) is 2.91. The zero-order valence-corrected chi connectivity index (χ0v) is 10.8. The minimum atomic E-state index is -0.0347. The van der Waals surface area contributed by atoms with Crippen LogP contribution in [0.1, 0.15) is 34.1 Å². The van der Waals surface area contributed by atoms with E-state index < -0.39 is 0 Å². The average Bonchev–Trinajstić information content (AvgIpc) is 2.30. The molecule has 0 unspecified atom stereocenters. The largest absolute Gasteiger partial charge is 0.356 e. The van der Waals surface area contributed by atoms with Crippen molar-refractivity contribution < 1.29 is 4.79 Å². The maximum absolute atomic E-state index is 10.8. The molecule has 1 amide bonds. The number of nitrogens with zero attached hydrogens (tertiary/aromatic N) is 1. The van der Waals surface area contributed by atoms with Crippen LogP contribution in [-0.2, 0) is 4.79 Å². The Labute approximate surface area is 94.5 Å². The van der Waals surface area contributed by atoms with Gasteiger partial charge >= 0.3 is 0 Å². The van der Waals surface area contributed by atoms with Gasteiger partial charge in [-0.05, 0) is 19.5 Å². The van der Waals surface area contributed by atoms with E-state index in [-0.39, 0.29) is 5.91 Å². The number of nitrogens with one attached hydrogen (secondary N) is 1. The van der Waals surface area contributed by atoms with Crippen LogP contribution < -0.4 is 5.32 Å². The van der Waals surface area contributed by atoms with Gasteiger partial charge in [0.05, 0.1) is 0 Å². The number of hydrogen-bond donors (Lipinski definition) is 1. The van der Waals surface area contributed by atoms with Crippen molar-refractivity contribution in [1.29, 1.82) is 0 Å². The normalized spacial score (nSPS) is 10.0. The molecule has 0 spiro atoms. The van der Waals surface area contributed by atoms with Gasteiger partial charge in [-0.2, -0.15) is 0 Å². The molecule has 0 aliphatic rings. The summed E-state index contributed by atoms with van der Waals surface area (Å²) in [5.41, 5.74) is 0. The van der Waals surface area contributed by atoms with Crippen LogP contribution in [0.15, 0.2) is 12.2 Å². The summed E-state index contributed by atoms with van der Waals surface area (Å²) in [6, 6.07) is 0. The molecule has 0 saturated heterocycles. The Bertz CT molecular complexity index is 167. The van der Waals surface area contributed by atoms with Crippen LogP contribution in [0.4, 0.5) is 0 Å². The van der Waals surface area contributed by atoms with E-state index in [0.717, 1.165) is 26.1 Å². The van der Waals surface area contributed by atoms with Crippen molar-refractivity contribution in [1.82, 2.24) is 10.2 Å². The van der Waals surface area contributed by atoms with E-state index in [4.69, 9.17) is 0 Å². The molecule has 0 aromatic carbocycles. The number of likely N-dealkylation sites (N-methyl/N-ethyl adjacent to an activating group) is 2. The maximum atomic E-state index is 10.8. The van der Waals surface area contributed by atoms with Crippen LogP contribution in [0, 0.1) is 0 Å². The first-order valence-electron chi connectivity index (χ1n) is 5.85. The lowest BCUT2D eigenvalue weighted by Crippen LogP contribution is -2.24. The molecular formula is C12H26N2O. The van der Waals surface area contributed by atoms with Crippen LogP contribution >= 0.6 is 0 Å². The van der Waals surface area contributed by atoms with E-state index >= 15 is 0 Å². The molecule has 3 nitrogen and oxygen atoms in total. The molecule has 1 N–H and O–H groups in total. The molecule has 0 aromatic rings. The fraction of sp³-hybridized carbons (Fsp3) is 0.750. The number of carbonyl (C=O) groups excluding carboxylic acids is 1. The third-order valence-corrected chi connectivity index (χ3v) is 1.87. The Kier molecular flexibility index (Phi) is 14.6. The quantitative estimate of drug-likeness (QED) is 0.686. The van der Waals surface area contributed by atoms with Crippen molar-refractivity contribution in [2.45, 2.75) is 34.1 Å². The first-order chi connectivity index (χ1) is 7.24. The summed E-state index contributed by atoms with van der Waals surface area (Å²) in [7, 11) is 1.64. The van der Waals surface area contributed by atoms with Gasteiger partial charge in [-0.3, -0.25) is 9.69 Å². The van der Waals surface area contributed by atoms with Gasteiger partial charge in [0, 0.05) is 19.7 Å². The Morgan fingerprint density at radius 1 is 1.33 bits per heavy atom. The number of hydrogen-bond acceptors (Lipinski definition) is 2. The van der Waals surface area contributed by atoms with Gasteiger partial charge in [0.15, 0.2) is 0 Å². The van der Waals surface area contributed by atoms with Gasteiger partial charge in [0.25, 0.3) is 0 Å². The third-order valence-electron chi connectivity index (χ3n) is 1.87. The summed E-state index contributed by atoms with van der Waals surface area (Å²) in [4.78, 5) is 13.1. The van der Waals surface area contributed by atoms with Crippen LogP contribution in [0.2, 0.25) is 0 Å². The van der Waals surface area contributed by atoms with Gasteiger partial charge < -0.3 is 5.32 Å². The van der Waals surface area contributed by atoms with Gasteiger partial charge in [-0.25, -0.2) is 0 Å². The van der Waals surface area contributed by atoms with Crippen molar-refractivity contribution in [3.63, 3.8) is 0 Å². The lowest BCUT2D eigenvalue weighted by atomic mass is 10.3. The summed E-state index contributed by atoms with van der Waals surface area (Å²) < 4.78 is 0. The molecule has 0 bridgehead atoms. The fourth-order valence-corrected chi connectivity index (χ4v) is 1.09. The molecule has 0 atom stereocenters. The van der Waals surface area contributed by atoms with Crippen LogP contribution in [-0.4, -0.2) is 37.5 Å². The molecule has 3 heteroatoms. The van der Waals surface area contributed by atoms with E-state index in [9.17, 15) is 4.79 Å². The highest BCUT2D eigenvalue weighted by Crippen LogP contribution is 1.90. The molecule has 0 aliphatic heterocycles. The lowest BCUT2D eigenvalue weighted by molar-refractivity contribution is -0.116. The summed E-state index contributed by atoms with van der Waals surface area (Å²) >= 11 is 0. The molecule has 0 saturated carbocycles. The minimum Gasteiger partial charge on any atom is -0.356 e. The van der Waals surface area contributed by atoms with Crippen molar-refractivity contribution >= 4 is 5.91 Å². The zero-order chi connectivity index (χ0) is 12.1. The molecule has 0 heterocycles. The Hall–Kier alpha value is -0.830. The lowest BCUT2D eigenvalue weighted by Gasteiger charge is -2.16. The highest BCUT2D eigenvalue weighted by Gasteiger charge is 1.96. The Morgan fingerprint density at radius 3 is 2.33 bits per heavy atom. The summed E-state index contributed by atoms with van der Waals surface area (Å²) in [5.74, 6) is -0.0347. The first kappa shape index (κ1) is 16.6. The molecule has 15 heavy (non-hydrogen) atoms. The number of amides is 1. The highest BCUT2D eigenvalue weighted by atomic mass is 16.1. The van der Waals surface area contributed by atoms with E-state index in [2.05, 4.69) is 24.1 Å². The summed E-state index contributed by atoms with van der Waals surface area (Å²) in [6.45, 7) is 11.3. The Morgan fingerprint density at radius 2 is 1.93 bits per heavy atom. The second kappa shape index (κ2) is 13.2. The van der Waals surface area contributed by atoms with Crippen LogP contribution in [0.5, 0.6) is 0 Å². The average molecular weight is 214 g/mol. The van der Waals surface area contributed by atoms with Crippen LogP contribution in [0.3, 0.4) is 0 Å². The van der Waals surface area contributed by atoms with E-state index in [0.29, 0.717) is 0 Å². The summed E-state index contributed by atoms with van der Waals surface area (Å²) in [5, 5.41) is 2.54. The Balaban J connectivity index is 0. The highest BCUT2D eigenvalue weighted by molar-refractivity contribution is 5.87. The first-order valence-corrected chi connectivity index (χ1v) is 5.85.